The smallest absolute Gasteiger partial charge is 0.120 e. The summed E-state index contributed by atoms with van der Waals surface area (Å²) >= 11 is 6.03. The Kier molecular flexibility index (Phi) is 3.34. The number of hydrogen-bond acceptors (Lipinski definition) is 2. The summed E-state index contributed by atoms with van der Waals surface area (Å²) in [5.41, 5.74) is 3.80. The number of anilines is 1. The summed E-state index contributed by atoms with van der Waals surface area (Å²) in [6, 6.07) is 14.6. The summed E-state index contributed by atoms with van der Waals surface area (Å²) in [7, 11) is 1.69. The molecule has 19 heavy (non-hydrogen) atoms. The van der Waals surface area contributed by atoms with E-state index >= 15 is 0 Å². The van der Waals surface area contributed by atoms with E-state index in [2.05, 4.69) is 23.5 Å². The van der Waals surface area contributed by atoms with Gasteiger partial charge in [-0.3, -0.25) is 0 Å². The normalized spacial score (nSPS) is 17.1. The van der Waals surface area contributed by atoms with Crippen LogP contribution in [0.5, 0.6) is 5.75 Å². The Morgan fingerprint density at radius 2 is 2.11 bits per heavy atom. The lowest BCUT2D eigenvalue weighted by Gasteiger charge is -2.16. The minimum Gasteiger partial charge on any atom is -0.497 e. The minimum absolute atomic E-state index is 0.361. The highest BCUT2D eigenvalue weighted by atomic mass is 35.5. The molecule has 2 nitrogen and oxygen atoms in total. The van der Waals surface area contributed by atoms with Crippen molar-refractivity contribution < 1.29 is 4.74 Å². The fourth-order valence-corrected chi connectivity index (χ4v) is 2.84. The molecule has 0 saturated heterocycles. The molecule has 0 aliphatic heterocycles. The zero-order chi connectivity index (χ0) is 13.2. The number of hydrogen-bond donors (Lipinski definition) is 1. The van der Waals surface area contributed by atoms with Gasteiger partial charge in [0.15, 0.2) is 0 Å². The Morgan fingerprint density at radius 3 is 2.95 bits per heavy atom. The predicted molar refractivity (Wildman–Crippen MR) is 79.1 cm³/mol. The average Bonchev–Trinajstić information content (AvgIpc) is 2.81. The monoisotopic (exact) mass is 273 g/mol. The summed E-state index contributed by atoms with van der Waals surface area (Å²) in [6.45, 7) is 0. The lowest BCUT2D eigenvalue weighted by atomic mass is 10.1. The Balaban J connectivity index is 1.82. The van der Waals surface area contributed by atoms with Gasteiger partial charge in [-0.15, -0.1) is 0 Å². The Hall–Kier alpha value is -1.67. The average molecular weight is 274 g/mol. The van der Waals surface area contributed by atoms with Crippen molar-refractivity contribution in [1.82, 2.24) is 0 Å². The van der Waals surface area contributed by atoms with E-state index in [1.165, 1.54) is 11.1 Å². The van der Waals surface area contributed by atoms with Crippen LogP contribution >= 0.6 is 11.6 Å². The molecule has 0 heterocycles. The third kappa shape index (κ3) is 2.54. The highest BCUT2D eigenvalue weighted by Gasteiger charge is 2.22. The molecule has 0 fully saturated rings. The van der Waals surface area contributed by atoms with Crippen LogP contribution in [-0.4, -0.2) is 7.11 Å². The minimum atomic E-state index is 0.361. The number of aryl methyl sites for hydroxylation is 1. The molecule has 98 valence electrons. The molecule has 1 atom stereocenters. The number of halogens is 1. The molecular formula is C16H16ClNO. The van der Waals surface area contributed by atoms with Crippen molar-refractivity contribution in [1.29, 1.82) is 0 Å². The first-order valence-corrected chi connectivity index (χ1v) is 6.83. The zero-order valence-corrected chi connectivity index (χ0v) is 11.6. The van der Waals surface area contributed by atoms with Crippen molar-refractivity contribution in [2.24, 2.45) is 0 Å². The van der Waals surface area contributed by atoms with Gasteiger partial charge in [0.05, 0.1) is 13.2 Å². The van der Waals surface area contributed by atoms with E-state index in [1.807, 2.05) is 24.3 Å². The molecule has 0 aromatic heterocycles. The third-order valence-electron chi connectivity index (χ3n) is 3.59. The lowest BCUT2D eigenvalue weighted by molar-refractivity contribution is 0.415. The van der Waals surface area contributed by atoms with E-state index in [0.29, 0.717) is 6.04 Å². The van der Waals surface area contributed by atoms with Gasteiger partial charge in [-0.1, -0.05) is 23.7 Å². The van der Waals surface area contributed by atoms with E-state index in [-0.39, 0.29) is 0 Å². The van der Waals surface area contributed by atoms with Crippen LogP contribution in [0.2, 0.25) is 5.02 Å². The predicted octanol–water partition coefficient (Wildman–Crippen LogP) is 4.45. The third-order valence-corrected chi connectivity index (χ3v) is 3.83. The maximum Gasteiger partial charge on any atom is 0.120 e. The van der Waals surface area contributed by atoms with Crippen molar-refractivity contribution in [3.63, 3.8) is 0 Å². The van der Waals surface area contributed by atoms with Gasteiger partial charge in [-0.2, -0.15) is 0 Å². The molecule has 1 unspecified atom stereocenters. The van der Waals surface area contributed by atoms with E-state index < -0.39 is 0 Å². The van der Waals surface area contributed by atoms with Crippen molar-refractivity contribution >= 4 is 17.3 Å². The van der Waals surface area contributed by atoms with Crippen LogP contribution < -0.4 is 10.1 Å². The van der Waals surface area contributed by atoms with E-state index in [9.17, 15) is 0 Å². The molecule has 0 saturated carbocycles. The standard InChI is InChI=1S/C16H16ClNO/c1-19-14-4-2-3-13(10-14)18-16-8-5-11-9-12(17)6-7-15(11)16/h2-4,6-7,9-10,16,18H,5,8H2,1H3. The van der Waals surface area contributed by atoms with Gasteiger partial charge in [-0.05, 0) is 48.2 Å². The molecule has 0 radical (unpaired) electrons. The van der Waals surface area contributed by atoms with Crippen LogP contribution in [0.3, 0.4) is 0 Å². The topological polar surface area (TPSA) is 21.3 Å². The van der Waals surface area contributed by atoms with Crippen LogP contribution in [0.1, 0.15) is 23.6 Å². The zero-order valence-electron chi connectivity index (χ0n) is 10.8. The van der Waals surface area contributed by atoms with Gasteiger partial charge in [0, 0.05) is 16.8 Å². The number of ether oxygens (including phenoxy) is 1. The van der Waals surface area contributed by atoms with Crippen LogP contribution in [-0.2, 0) is 6.42 Å². The van der Waals surface area contributed by atoms with Crippen LogP contribution in [0.15, 0.2) is 42.5 Å². The highest BCUT2D eigenvalue weighted by molar-refractivity contribution is 6.30. The van der Waals surface area contributed by atoms with Gasteiger partial charge in [0.25, 0.3) is 0 Å². The molecule has 0 amide bonds. The first-order chi connectivity index (χ1) is 9.26. The first-order valence-electron chi connectivity index (χ1n) is 6.45. The maximum atomic E-state index is 6.03. The summed E-state index contributed by atoms with van der Waals surface area (Å²) in [5, 5.41) is 4.39. The van der Waals surface area contributed by atoms with Crippen molar-refractivity contribution in [2.75, 3.05) is 12.4 Å². The highest BCUT2D eigenvalue weighted by Crippen LogP contribution is 2.35. The lowest BCUT2D eigenvalue weighted by Crippen LogP contribution is -2.06. The molecular weight excluding hydrogens is 258 g/mol. The first kappa shape index (κ1) is 12.4. The molecule has 1 aliphatic rings. The largest absolute Gasteiger partial charge is 0.497 e. The molecule has 2 aromatic carbocycles. The fourth-order valence-electron chi connectivity index (χ4n) is 2.65. The molecule has 0 bridgehead atoms. The van der Waals surface area contributed by atoms with Crippen LogP contribution in [0.25, 0.3) is 0 Å². The van der Waals surface area contributed by atoms with E-state index in [1.54, 1.807) is 7.11 Å². The van der Waals surface area contributed by atoms with Crippen molar-refractivity contribution in [3.8, 4) is 5.75 Å². The Morgan fingerprint density at radius 1 is 1.21 bits per heavy atom. The second-order valence-electron chi connectivity index (χ2n) is 4.81. The van der Waals surface area contributed by atoms with Crippen LogP contribution in [0.4, 0.5) is 5.69 Å². The Labute approximate surface area is 118 Å². The molecule has 1 aliphatic carbocycles. The number of methoxy groups -OCH3 is 1. The molecule has 0 spiro atoms. The Bertz CT molecular complexity index is 597. The fraction of sp³-hybridized carbons (Fsp3) is 0.250. The summed E-state index contributed by atoms with van der Waals surface area (Å²) in [6.07, 6.45) is 2.18. The molecule has 3 rings (SSSR count). The summed E-state index contributed by atoms with van der Waals surface area (Å²) in [5.74, 6) is 0.874. The maximum absolute atomic E-state index is 6.03. The summed E-state index contributed by atoms with van der Waals surface area (Å²) in [4.78, 5) is 0. The van der Waals surface area contributed by atoms with Gasteiger partial charge in [0.1, 0.15) is 5.75 Å². The summed E-state index contributed by atoms with van der Waals surface area (Å²) < 4.78 is 5.25. The van der Waals surface area contributed by atoms with Gasteiger partial charge >= 0.3 is 0 Å². The van der Waals surface area contributed by atoms with Gasteiger partial charge in [-0.25, -0.2) is 0 Å². The van der Waals surface area contributed by atoms with Gasteiger partial charge in [0.2, 0.25) is 0 Å². The van der Waals surface area contributed by atoms with Crippen LogP contribution in [0, 0.1) is 0 Å². The molecule has 2 aromatic rings. The number of benzene rings is 2. The van der Waals surface area contributed by atoms with Crippen molar-refractivity contribution in [2.45, 2.75) is 18.9 Å². The van der Waals surface area contributed by atoms with Crippen molar-refractivity contribution in [3.05, 3.63) is 58.6 Å². The number of rotatable bonds is 3. The van der Waals surface area contributed by atoms with E-state index in [4.69, 9.17) is 16.3 Å². The SMILES string of the molecule is COc1cccc(NC2CCc3cc(Cl)ccc32)c1. The van der Waals surface area contributed by atoms with Gasteiger partial charge < -0.3 is 10.1 Å². The molecule has 1 N–H and O–H groups in total. The number of nitrogens with one attached hydrogen (secondary N) is 1. The quantitative estimate of drug-likeness (QED) is 0.892. The number of fused-ring (bicyclic) bond motifs is 1. The second-order valence-corrected chi connectivity index (χ2v) is 5.25. The molecule has 3 heteroatoms. The second kappa shape index (κ2) is 5.14. The van der Waals surface area contributed by atoms with E-state index in [0.717, 1.165) is 29.3 Å².